The molecule has 2 aromatic rings. The first-order valence-electron chi connectivity index (χ1n) is 8.85. The van der Waals surface area contributed by atoms with E-state index in [1.165, 1.54) is 5.56 Å². The number of morpholine rings is 1. The predicted octanol–water partition coefficient (Wildman–Crippen LogP) is 2.90. The molecule has 0 unspecified atom stereocenters. The summed E-state index contributed by atoms with van der Waals surface area (Å²) < 4.78 is 5.37. The van der Waals surface area contributed by atoms with Crippen LogP contribution in [0.5, 0.6) is 0 Å². The molecule has 0 bridgehead atoms. The number of ether oxygens (including phenoxy) is 1. The van der Waals surface area contributed by atoms with Crippen molar-refractivity contribution >= 4 is 17.4 Å². The third-order valence-corrected chi connectivity index (χ3v) is 5.12. The maximum absolute atomic E-state index is 12.8. The van der Waals surface area contributed by atoms with E-state index in [1.807, 2.05) is 24.4 Å². The molecule has 130 valence electrons. The van der Waals surface area contributed by atoms with Gasteiger partial charge in [-0.1, -0.05) is 29.8 Å². The third kappa shape index (κ3) is 3.24. The molecule has 4 rings (SSSR count). The number of benzene rings is 1. The first-order valence-corrected chi connectivity index (χ1v) is 8.85. The Morgan fingerprint density at radius 2 is 2.00 bits per heavy atom. The number of pyridine rings is 1. The monoisotopic (exact) mass is 337 g/mol. The number of anilines is 2. The summed E-state index contributed by atoms with van der Waals surface area (Å²) in [4.78, 5) is 19.5. The minimum absolute atomic E-state index is 0.0460. The van der Waals surface area contributed by atoms with Crippen molar-refractivity contribution in [2.75, 3.05) is 36.5 Å². The average Bonchev–Trinajstić information content (AvgIpc) is 3.45. The zero-order chi connectivity index (χ0) is 17.3. The fourth-order valence-electron chi connectivity index (χ4n) is 3.42. The summed E-state index contributed by atoms with van der Waals surface area (Å²) in [5.74, 6) is 0.658. The van der Waals surface area contributed by atoms with Crippen molar-refractivity contribution in [3.8, 4) is 0 Å². The van der Waals surface area contributed by atoms with E-state index in [1.54, 1.807) is 0 Å². The van der Waals surface area contributed by atoms with Gasteiger partial charge in [-0.15, -0.1) is 0 Å². The van der Waals surface area contributed by atoms with E-state index in [0.717, 1.165) is 50.4 Å². The highest BCUT2D eigenvalue weighted by atomic mass is 16.5. The van der Waals surface area contributed by atoms with Crippen LogP contribution in [0.1, 0.15) is 24.0 Å². The number of nitrogens with one attached hydrogen (secondary N) is 1. The van der Waals surface area contributed by atoms with Crippen LogP contribution in [-0.4, -0.2) is 37.2 Å². The Kier molecular flexibility index (Phi) is 4.17. The Labute approximate surface area is 148 Å². The second kappa shape index (κ2) is 6.48. The smallest absolute Gasteiger partial charge is 0.236 e. The van der Waals surface area contributed by atoms with Gasteiger partial charge in [0.15, 0.2) is 0 Å². The first-order chi connectivity index (χ1) is 12.2. The van der Waals surface area contributed by atoms with Crippen LogP contribution < -0.4 is 10.2 Å². The lowest BCUT2D eigenvalue weighted by atomic mass is 9.93. The summed E-state index contributed by atoms with van der Waals surface area (Å²) in [5.41, 5.74) is 2.98. The van der Waals surface area contributed by atoms with Gasteiger partial charge in [-0.05, 0) is 37.5 Å². The number of hydrogen-bond acceptors (Lipinski definition) is 4. The fraction of sp³-hybridized carbons (Fsp3) is 0.400. The zero-order valence-electron chi connectivity index (χ0n) is 14.5. The largest absolute Gasteiger partial charge is 0.378 e. The standard InChI is InChI=1S/C20H23N3O2/c1-15-3-2-4-16(13-15)20(7-8-20)19(24)22-18-6-5-17(14-21-18)23-9-11-25-12-10-23/h2-6,13-14H,7-12H2,1H3,(H,21,22,24). The lowest BCUT2D eigenvalue weighted by molar-refractivity contribution is -0.118. The molecule has 5 nitrogen and oxygen atoms in total. The normalized spacial score (nSPS) is 18.7. The lowest BCUT2D eigenvalue weighted by Crippen LogP contribution is -2.36. The van der Waals surface area contributed by atoms with Crippen molar-refractivity contribution in [1.82, 2.24) is 4.98 Å². The summed E-state index contributed by atoms with van der Waals surface area (Å²) >= 11 is 0. The summed E-state index contributed by atoms with van der Waals surface area (Å²) in [7, 11) is 0. The highest BCUT2D eigenvalue weighted by Gasteiger charge is 2.51. The second-order valence-corrected chi connectivity index (χ2v) is 6.91. The highest BCUT2D eigenvalue weighted by molar-refractivity contribution is 6.00. The average molecular weight is 337 g/mol. The molecule has 1 N–H and O–H groups in total. The maximum Gasteiger partial charge on any atom is 0.236 e. The van der Waals surface area contributed by atoms with Gasteiger partial charge in [-0.3, -0.25) is 4.79 Å². The van der Waals surface area contributed by atoms with Gasteiger partial charge in [0, 0.05) is 13.1 Å². The van der Waals surface area contributed by atoms with E-state index < -0.39 is 0 Å². The Hall–Kier alpha value is -2.40. The van der Waals surface area contributed by atoms with Crippen molar-refractivity contribution < 1.29 is 9.53 Å². The van der Waals surface area contributed by atoms with Gasteiger partial charge in [0.1, 0.15) is 5.82 Å². The van der Waals surface area contributed by atoms with Crippen molar-refractivity contribution in [3.05, 3.63) is 53.7 Å². The molecule has 1 aliphatic carbocycles. The molecule has 1 aliphatic heterocycles. The van der Waals surface area contributed by atoms with E-state index in [2.05, 4.69) is 40.3 Å². The van der Waals surface area contributed by atoms with E-state index >= 15 is 0 Å². The third-order valence-electron chi connectivity index (χ3n) is 5.12. The van der Waals surface area contributed by atoms with Gasteiger partial charge in [-0.25, -0.2) is 4.98 Å². The lowest BCUT2D eigenvalue weighted by Gasteiger charge is -2.28. The van der Waals surface area contributed by atoms with Gasteiger partial charge in [0.2, 0.25) is 5.91 Å². The molecule has 1 aromatic heterocycles. The zero-order valence-corrected chi connectivity index (χ0v) is 14.5. The molecule has 0 radical (unpaired) electrons. The molecule has 1 aromatic carbocycles. The first kappa shape index (κ1) is 16.1. The number of aryl methyl sites for hydroxylation is 1. The van der Waals surface area contributed by atoms with Crippen LogP contribution in [0.25, 0.3) is 0 Å². The molecular weight excluding hydrogens is 314 g/mol. The van der Waals surface area contributed by atoms with Crippen LogP contribution in [-0.2, 0) is 14.9 Å². The molecular formula is C20H23N3O2. The molecule has 1 saturated carbocycles. The summed E-state index contributed by atoms with van der Waals surface area (Å²) in [6.07, 6.45) is 3.62. The summed E-state index contributed by atoms with van der Waals surface area (Å²) in [5, 5.41) is 3.00. The van der Waals surface area contributed by atoms with Crippen molar-refractivity contribution in [2.24, 2.45) is 0 Å². The minimum Gasteiger partial charge on any atom is -0.378 e. The molecule has 1 amide bonds. The number of nitrogens with zero attached hydrogens (tertiary/aromatic N) is 2. The second-order valence-electron chi connectivity index (χ2n) is 6.91. The number of hydrogen-bond donors (Lipinski definition) is 1. The molecule has 0 atom stereocenters. The Morgan fingerprint density at radius 1 is 1.20 bits per heavy atom. The van der Waals surface area contributed by atoms with Crippen molar-refractivity contribution in [1.29, 1.82) is 0 Å². The number of amides is 1. The van der Waals surface area contributed by atoms with Gasteiger partial charge in [0.25, 0.3) is 0 Å². The summed E-state index contributed by atoms with van der Waals surface area (Å²) in [6, 6.07) is 12.1. The van der Waals surface area contributed by atoms with Gasteiger partial charge in [0.05, 0.1) is 30.5 Å². The fourth-order valence-corrected chi connectivity index (χ4v) is 3.42. The van der Waals surface area contributed by atoms with Crippen LogP contribution in [0.2, 0.25) is 0 Å². The van der Waals surface area contributed by atoms with Crippen LogP contribution in [0, 0.1) is 6.92 Å². The van der Waals surface area contributed by atoms with E-state index in [-0.39, 0.29) is 11.3 Å². The Balaban J connectivity index is 1.46. The number of aromatic nitrogens is 1. The molecule has 1 saturated heterocycles. The highest BCUT2D eigenvalue weighted by Crippen LogP contribution is 2.49. The van der Waals surface area contributed by atoms with Crippen molar-refractivity contribution in [3.63, 3.8) is 0 Å². The van der Waals surface area contributed by atoms with Crippen LogP contribution in [0.3, 0.4) is 0 Å². The maximum atomic E-state index is 12.8. The number of carbonyl (C=O) groups excluding carboxylic acids is 1. The van der Waals surface area contributed by atoms with Crippen molar-refractivity contribution in [2.45, 2.75) is 25.2 Å². The molecule has 25 heavy (non-hydrogen) atoms. The Morgan fingerprint density at radius 3 is 2.64 bits per heavy atom. The predicted molar refractivity (Wildman–Crippen MR) is 98.0 cm³/mol. The molecule has 2 heterocycles. The minimum atomic E-state index is -0.378. The topological polar surface area (TPSA) is 54.5 Å². The van der Waals surface area contributed by atoms with E-state index in [4.69, 9.17) is 4.74 Å². The van der Waals surface area contributed by atoms with Crippen LogP contribution >= 0.6 is 0 Å². The van der Waals surface area contributed by atoms with Gasteiger partial charge >= 0.3 is 0 Å². The molecule has 5 heteroatoms. The van der Waals surface area contributed by atoms with Crippen LogP contribution in [0.4, 0.5) is 11.5 Å². The summed E-state index contributed by atoms with van der Waals surface area (Å²) in [6.45, 7) is 5.31. The Bertz CT molecular complexity index is 763. The van der Waals surface area contributed by atoms with Crippen LogP contribution in [0.15, 0.2) is 42.6 Å². The SMILES string of the molecule is Cc1cccc(C2(C(=O)Nc3ccc(N4CCOCC4)cn3)CC2)c1. The molecule has 0 spiro atoms. The quantitative estimate of drug-likeness (QED) is 0.932. The van der Waals surface area contributed by atoms with E-state index in [0.29, 0.717) is 5.82 Å². The van der Waals surface area contributed by atoms with Gasteiger partial charge < -0.3 is 15.0 Å². The van der Waals surface area contributed by atoms with Gasteiger partial charge in [-0.2, -0.15) is 0 Å². The number of carbonyl (C=O) groups is 1. The molecule has 2 fully saturated rings. The van der Waals surface area contributed by atoms with E-state index in [9.17, 15) is 4.79 Å². The molecule has 2 aliphatic rings. The number of rotatable bonds is 4.